The van der Waals surface area contributed by atoms with E-state index in [4.69, 9.17) is 4.74 Å². The van der Waals surface area contributed by atoms with Crippen molar-refractivity contribution in [1.82, 2.24) is 9.47 Å². The van der Waals surface area contributed by atoms with Crippen LogP contribution in [0.5, 0.6) is 0 Å². The van der Waals surface area contributed by atoms with E-state index in [1.807, 2.05) is 12.1 Å². The van der Waals surface area contributed by atoms with Crippen molar-refractivity contribution >= 4 is 44.6 Å². The molecule has 0 saturated heterocycles. The van der Waals surface area contributed by atoms with E-state index in [1.54, 1.807) is 30.3 Å². The Morgan fingerprint density at radius 3 is 2.30 bits per heavy atom. The molecule has 5 rings (SSSR count). The van der Waals surface area contributed by atoms with E-state index in [0.29, 0.717) is 29.2 Å². The summed E-state index contributed by atoms with van der Waals surface area (Å²) < 4.78 is 7.97. The molecule has 6 nitrogen and oxygen atoms in total. The maximum Gasteiger partial charge on any atom is 0.337 e. The standard InChI is InChI=1S/C26H25BrN2O4/c1-33-26(32)17-11-12-20-21(15-17)28(23(27)22(20)16-7-3-2-4-8-16)13-14-29-24(30)18-9-5-6-10-19(18)25(29)31/h5-6,9-12,15-16H,2-4,7-8,13-14H2,1H3. The zero-order chi connectivity index (χ0) is 23.1. The Hall–Kier alpha value is -2.93. The SMILES string of the molecule is COC(=O)c1ccc2c(C3CCCCC3)c(Br)n(CCN3C(=O)c4ccccc4C3=O)c2c1. The first-order chi connectivity index (χ1) is 16.0. The first kappa shape index (κ1) is 21.9. The Kier molecular flexibility index (Phi) is 5.83. The summed E-state index contributed by atoms with van der Waals surface area (Å²) in [6.45, 7) is 0.682. The van der Waals surface area contributed by atoms with Crippen LogP contribution in [0.1, 0.15) is 74.7 Å². The van der Waals surface area contributed by atoms with Crippen LogP contribution in [0.4, 0.5) is 0 Å². The van der Waals surface area contributed by atoms with Crippen LogP contribution >= 0.6 is 15.9 Å². The lowest BCUT2D eigenvalue weighted by molar-refractivity contribution is 0.0598. The number of hydrogen-bond acceptors (Lipinski definition) is 4. The number of amides is 2. The van der Waals surface area contributed by atoms with E-state index in [0.717, 1.165) is 28.3 Å². The van der Waals surface area contributed by atoms with Crippen LogP contribution < -0.4 is 0 Å². The zero-order valence-corrected chi connectivity index (χ0v) is 20.1. The predicted octanol–water partition coefficient (Wildman–Crippen LogP) is 5.53. The lowest BCUT2D eigenvalue weighted by Crippen LogP contribution is -2.33. The summed E-state index contributed by atoms with van der Waals surface area (Å²) in [5.74, 6) is -0.461. The molecule has 1 fully saturated rings. The molecule has 0 bridgehead atoms. The minimum atomic E-state index is -0.389. The molecule has 170 valence electrons. The van der Waals surface area contributed by atoms with Crippen LogP contribution in [-0.4, -0.2) is 40.9 Å². The molecule has 0 atom stereocenters. The largest absolute Gasteiger partial charge is 0.465 e. The Morgan fingerprint density at radius 1 is 1.00 bits per heavy atom. The third kappa shape index (κ3) is 3.68. The highest BCUT2D eigenvalue weighted by molar-refractivity contribution is 9.10. The van der Waals surface area contributed by atoms with Crippen molar-refractivity contribution in [3.8, 4) is 0 Å². The maximum absolute atomic E-state index is 12.8. The van der Waals surface area contributed by atoms with Gasteiger partial charge in [0.25, 0.3) is 11.8 Å². The molecule has 1 saturated carbocycles. The smallest absolute Gasteiger partial charge is 0.337 e. The minimum Gasteiger partial charge on any atom is -0.465 e. The van der Waals surface area contributed by atoms with E-state index >= 15 is 0 Å². The number of nitrogens with zero attached hydrogens (tertiary/aromatic N) is 2. The van der Waals surface area contributed by atoms with Gasteiger partial charge in [-0.25, -0.2) is 4.79 Å². The van der Waals surface area contributed by atoms with Gasteiger partial charge in [0.15, 0.2) is 0 Å². The van der Waals surface area contributed by atoms with Gasteiger partial charge in [-0.3, -0.25) is 14.5 Å². The van der Waals surface area contributed by atoms with Gasteiger partial charge < -0.3 is 9.30 Å². The summed E-state index contributed by atoms with van der Waals surface area (Å²) in [7, 11) is 1.37. The topological polar surface area (TPSA) is 68.6 Å². The van der Waals surface area contributed by atoms with E-state index in [-0.39, 0.29) is 24.3 Å². The van der Waals surface area contributed by atoms with E-state index in [1.165, 1.54) is 36.8 Å². The molecule has 0 radical (unpaired) electrons. The van der Waals surface area contributed by atoms with Gasteiger partial charge in [-0.15, -0.1) is 0 Å². The average Bonchev–Trinajstić information content (AvgIpc) is 3.27. The predicted molar refractivity (Wildman–Crippen MR) is 129 cm³/mol. The first-order valence-electron chi connectivity index (χ1n) is 11.4. The number of benzene rings is 2. The number of esters is 1. The number of carbonyl (C=O) groups excluding carboxylic acids is 3. The quantitative estimate of drug-likeness (QED) is 0.335. The van der Waals surface area contributed by atoms with Gasteiger partial charge in [-0.05, 0) is 64.5 Å². The van der Waals surface area contributed by atoms with E-state index in [9.17, 15) is 14.4 Å². The van der Waals surface area contributed by atoms with Crippen molar-refractivity contribution < 1.29 is 19.1 Å². The molecule has 2 amide bonds. The monoisotopic (exact) mass is 508 g/mol. The van der Waals surface area contributed by atoms with Crippen LogP contribution in [0.2, 0.25) is 0 Å². The highest BCUT2D eigenvalue weighted by Crippen LogP contribution is 2.42. The second kappa shape index (κ2) is 8.78. The lowest BCUT2D eigenvalue weighted by atomic mass is 9.84. The van der Waals surface area contributed by atoms with Crippen molar-refractivity contribution in [2.24, 2.45) is 0 Å². The summed E-state index contributed by atoms with van der Waals surface area (Å²) in [4.78, 5) is 39.2. The molecule has 0 unspecified atom stereocenters. The summed E-state index contributed by atoms with van der Waals surface area (Å²) in [5, 5.41) is 1.10. The third-order valence-corrected chi connectivity index (χ3v) is 7.75. The maximum atomic E-state index is 12.8. The van der Waals surface area contributed by atoms with Crippen LogP contribution in [-0.2, 0) is 11.3 Å². The van der Waals surface area contributed by atoms with Crippen LogP contribution in [0.15, 0.2) is 47.1 Å². The van der Waals surface area contributed by atoms with Gasteiger partial charge in [0.05, 0.1) is 33.9 Å². The van der Waals surface area contributed by atoms with Crippen LogP contribution in [0, 0.1) is 0 Å². The molecule has 2 aliphatic rings. The van der Waals surface area contributed by atoms with Gasteiger partial charge in [0, 0.05) is 18.5 Å². The molecule has 2 aromatic carbocycles. The first-order valence-corrected chi connectivity index (χ1v) is 12.2. The Morgan fingerprint density at radius 2 is 1.67 bits per heavy atom. The highest BCUT2D eigenvalue weighted by Gasteiger charge is 2.35. The summed E-state index contributed by atoms with van der Waals surface area (Å²) in [5.41, 5.74) is 3.54. The Bertz CT molecular complexity index is 1240. The molecule has 1 aliphatic heterocycles. The van der Waals surface area contributed by atoms with Gasteiger partial charge in [-0.1, -0.05) is 37.5 Å². The number of aromatic nitrogens is 1. The summed E-state index contributed by atoms with van der Waals surface area (Å²) in [6, 6.07) is 12.6. The molecular formula is C26H25BrN2O4. The zero-order valence-electron chi connectivity index (χ0n) is 18.5. The van der Waals surface area contributed by atoms with Crippen molar-refractivity contribution in [2.45, 2.75) is 44.6 Å². The number of hydrogen-bond donors (Lipinski definition) is 0. The van der Waals surface area contributed by atoms with Crippen molar-refractivity contribution in [1.29, 1.82) is 0 Å². The van der Waals surface area contributed by atoms with Crippen LogP contribution in [0.3, 0.4) is 0 Å². The number of rotatable bonds is 5. The van der Waals surface area contributed by atoms with Gasteiger partial charge in [-0.2, -0.15) is 0 Å². The van der Waals surface area contributed by atoms with Gasteiger partial charge >= 0.3 is 5.97 Å². The van der Waals surface area contributed by atoms with Crippen molar-refractivity contribution in [3.63, 3.8) is 0 Å². The molecule has 0 spiro atoms. The second-order valence-electron chi connectivity index (χ2n) is 8.72. The third-order valence-electron chi connectivity index (χ3n) is 6.90. The van der Waals surface area contributed by atoms with E-state index in [2.05, 4.69) is 20.5 Å². The average molecular weight is 509 g/mol. The number of imide groups is 1. The Balaban J connectivity index is 1.52. The molecule has 3 aromatic rings. The molecule has 2 heterocycles. The molecule has 1 aliphatic carbocycles. The molecule has 0 N–H and O–H groups in total. The highest BCUT2D eigenvalue weighted by atomic mass is 79.9. The molecule has 1 aromatic heterocycles. The number of fused-ring (bicyclic) bond motifs is 2. The number of carbonyl (C=O) groups is 3. The fraction of sp³-hybridized carbons (Fsp3) is 0.346. The number of methoxy groups -OCH3 is 1. The van der Waals surface area contributed by atoms with Crippen molar-refractivity contribution in [3.05, 3.63) is 69.3 Å². The van der Waals surface area contributed by atoms with Crippen molar-refractivity contribution in [2.75, 3.05) is 13.7 Å². The van der Waals surface area contributed by atoms with E-state index < -0.39 is 0 Å². The van der Waals surface area contributed by atoms with Gasteiger partial charge in [0.2, 0.25) is 0 Å². The van der Waals surface area contributed by atoms with Gasteiger partial charge in [0.1, 0.15) is 0 Å². The number of ether oxygens (including phenoxy) is 1. The summed E-state index contributed by atoms with van der Waals surface area (Å²) >= 11 is 3.84. The fourth-order valence-electron chi connectivity index (χ4n) is 5.23. The Labute approximate surface area is 200 Å². The molecule has 7 heteroatoms. The minimum absolute atomic E-state index is 0.251. The van der Waals surface area contributed by atoms with Crippen LogP contribution in [0.25, 0.3) is 10.9 Å². The second-order valence-corrected chi connectivity index (χ2v) is 9.47. The lowest BCUT2D eigenvalue weighted by Gasteiger charge is -2.22. The fourth-order valence-corrected chi connectivity index (χ4v) is 6.14. The number of halogens is 1. The normalized spacial score (nSPS) is 16.5. The summed E-state index contributed by atoms with van der Waals surface area (Å²) in [6.07, 6.45) is 5.95. The molecule has 33 heavy (non-hydrogen) atoms. The molecular weight excluding hydrogens is 484 g/mol.